The van der Waals surface area contributed by atoms with Crippen LogP contribution in [0.4, 0.5) is 10.5 Å². The zero-order chi connectivity index (χ0) is 22.2. The lowest BCUT2D eigenvalue weighted by atomic mass is 9.76. The number of nitrogens with zero attached hydrogens (tertiary/aromatic N) is 3. The molecule has 0 bridgehead atoms. The molecule has 2 aromatic carbocycles. The number of anilines is 1. The molecule has 164 valence electrons. The minimum Gasteiger partial charge on any atom is -0.497 e. The van der Waals surface area contributed by atoms with Crippen LogP contribution in [0.1, 0.15) is 31.1 Å². The highest BCUT2D eigenvalue weighted by atomic mass is 79.9. The van der Waals surface area contributed by atoms with Gasteiger partial charge in [-0.3, -0.25) is 4.79 Å². The SMILES string of the molecule is COc1ccc(N2C(=O)NC3CC(c4nc(-c5ccc(Br)cc5)no4)CCC3C2=O)cc1. The van der Waals surface area contributed by atoms with Crippen LogP contribution in [0, 0.1) is 5.92 Å². The van der Waals surface area contributed by atoms with Gasteiger partial charge >= 0.3 is 6.03 Å². The molecule has 2 aliphatic rings. The summed E-state index contributed by atoms with van der Waals surface area (Å²) in [5.41, 5.74) is 1.40. The predicted octanol–water partition coefficient (Wildman–Crippen LogP) is 4.52. The quantitative estimate of drug-likeness (QED) is 0.570. The lowest BCUT2D eigenvalue weighted by Gasteiger charge is -2.41. The van der Waals surface area contributed by atoms with Crippen LogP contribution in [0.3, 0.4) is 0 Å². The normalized spacial score (nSPS) is 22.9. The molecule has 1 saturated carbocycles. The molecule has 9 heteroatoms. The molecule has 1 aliphatic carbocycles. The molecule has 1 saturated heterocycles. The molecule has 5 rings (SSSR count). The molecule has 1 N–H and O–H groups in total. The summed E-state index contributed by atoms with van der Waals surface area (Å²) in [6.45, 7) is 0. The number of hydrogen-bond donors (Lipinski definition) is 1. The number of carbonyl (C=O) groups excluding carboxylic acids is 2. The number of urea groups is 1. The summed E-state index contributed by atoms with van der Waals surface area (Å²) >= 11 is 3.42. The average molecular weight is 497 g/mol. The van der Waals surface area contributed by atoms with Crippen molar-refractivity contribution < 1.29 is 18.8 Å². The van der Waals surface area contributed by atoms with Crippen molar-refractivity contribution in [1.82, 2.24) is 15.5 Å². The van der Waals surface area contributed by atoms with Gasteiger partial charge in [-0.2, -0.15) is 4.98 Å². The van der Waals surface area contributed by atoms with Crippen LogP contribution in [0.15, 0.2) is 57.5 Å². The van der Waals surface area contributed by atoms with Gasteiger partial charge in [-0.25, -0.2) is 9.69 Å². The third kappa shape index (κ3) is 3.77. The van der Waals surface area contributed by atoms with E-state index in [1.165, 1.54) is 4.90 Å². The summed E-state index contributed by atoms with van der Waals surface area (Å²) in [5, 5.41) is 7.13. The van der Waals surface area contributed by atoms with E-state index >= 15 is 0 Å². The van der Waals surface area contributed by atoms with Crippen molar-refractivity contribution >= 4 is 33.6 Å². The number of rotatable bonds is 4. The molecule has 1 aliphatic heterocycles. The number of hydrogen-bond acceptors (Lipinski definition) is 6. The Bertz CT molecular complexity index is 1150. The highest BCUT2D eigenvalue weighted by Gasteiger charge is 2.45. The fraction of sp³-hybridized carbons (Fsp3) is 0.304. The molecule has 2 heterocycles. The highest BCUT2D eigenvalue weighted by molar-refractivity contribution is 9.10. The fourth-order valence-corrected chi connectivity index (χ4v) is 4.70. The Morgan fingerprint density at radius 3 is 2.56 bits per heavy atom. The lowest BCUT2D eigenvalue weighted by molar-refractivity contribution is -0.124. The Balaban J connectivity index is 1.31. The second-order valence-corrected chi connectivity index (χ2v) is 8.92. The first-order valence-corrected chi connectivity index (χ1v) is 11.2. The predicted molar refractivity (Wildman–Crippen MR) is 120 cm³/mol. The first-order chi connectivity index (χ1) is 15.5. The van der Waals surface area contributed by atoms with Crippen molar-refractivity contribution in [1.29, 1.82) is 0 Å². The smallest absolute Gasteiger partial charge is 0.328 e. The van der Waals surface area contributed by atoms with Crippen molar-refractivity contribution in [2.75, 3.05) is 12.0 Å². The van der Waals surface area contributed by atoms with Crippen molar-refractivity contribution in [2.45, 2.75) is 31.2 Å². The number of methoxy groups -OCH3 is 1. The maximum Gasteiger partial charge on any atom is 0.328 e. The van der Waals surface area contributed by atoms with Crippen LogP contribution in [-0.2, 0) is 4.79 Å². The molecule has 32 heavy (non-hydrogen) atoms. The van der Waals surface area contributed by atoms with E-state index < -0.39 is 6.03 Å². The summed E-state index contributed by atoms with van der Waals surface area (Å²) in [5.74, 6) is 1.28. The summed E-state index contributed by atoms with van der Waals surface area (Å²) in [7, 11) is 1.57. The second kappa shape index (κ2) is 8.38. The van der Waals surface area contributed by atoms with Gasteiger partial charge in [0.2, 0.25) is 17.6 Å². The third-order valence-corrected chi connectivity index (χ3v) is 6.65. The van der Waals surface area contributed by atoms with Gasteiger partial charge < -0.3 is 14.6 Å². The number of halogens is 1. The average Bonchev–Trinajstić information content (AvgIpc) is 3.30. The monoisotopic (exact) mass is 496 g/mol. The van der Waals surface area contributed by atoms with E-state index in [0.717, 1.165) is 16.5 Å². The molecular formula is C23H21BrN4O4. The van der Waals surface area contributed by atoms with E-state index in [-0.39, 0.29) is 23.8 Å². The number of ether oxygens (including phenoxy) is 1. The molecule has 3 unspecified atom stereocenters. The van der Waals surface area contributed by atoms with E-state index in [0.29, 0.717) is 36.0 Å². The van der Waals surface area contributed by atoms with Crippen molar-refractivity contribution in [3.05, 3.63) is 58.9 Å². The molecule has 3 aromatic rings. The molecule has 1 aromatic heterocycles. The maximum absolute atomic E-state index is 13.2. The van der Waals surface area contributed by atoms with Crippen LogP contribution in [0.5, 0.6) is 5.75 Å². The van der Waals surface area contributed by atoms with Crippen LogP contribution in [0.2, 0.25) is 0 Å². The van der Waals surface area contributed by atoms with E-state index in [1.807, 2.05) is 24.3 Å². The number of nitrogens with one attached hydrogen (secondary N) is 1. The van der Waals surface area contributed by atoms with Gasteiger partial charge in [0.1, 0.15) is 5.75 Å². The van der Waals surface area contributed by atoms with Crippen LogP contribution in [-0.4, -0.2) is 35.2 Å². The van der Waals surface area contributed by atoms with Gasteiger partial charge in [0.15, 0.2) is 0 Å². The minimum absolute atomic E-state index is 0.00594. The fourth-order valence-electron chi connectivity index (χ4n) is 4.43. The van der Waals surface area contributed by atoms with E-state index in [1.54, 1.807) is 31.4 Å². The summed E-state index contributed by atoms with van der Waals surface area (Å²) in [4.78, 5) is 31.7. The standard InChI is InChI=1S/C23H21BrN4O4/c1-31-17-9-7-16(8-10-17)28-22(29)18-11-4-14(12-19(18)25-23(28)30)21-26-20(27-32-21)13-2-5-15(24)6-3-13/h2-3,5-10,14,18-19H,4,11-12H2,1H3,(H,25,30). The molecule has 3 amide bonds. The molecule has 8 nitrogen and oxygen atoms in total. The Kier molecular flexibility index (Phi) is 5.42. The molecule has 3 atom stereocenters. The van der Waals surface area contributed by atoms with Crippen molar-refractivity contribution in [3.63, 3.8) is 0 Å². The summed E-state index contributed by atoms with van der Waals surface area (Å²) in [6.07, 6.45) is 1.96. The zero-order valence-electron chi connectivity index (χ0n) is 17.3. The van der Waals surface area contributed by atoms with Gasteiger partial charge in [0.05, 0.1) is 18.7 Å². The van der Waals surface area contributed by atoms with E-state index in [9.17, 15) is 9.59 Å². The molecule has 0 spiro atoms. The second-order valence-electron chi connectivity index (χ2n) is 8.01. The minimum atomic E-state index is -0.414. The number of carbonyl (C=O) groups is 2. The Hall–Kier alpha value is -3.20. The molecule has 0 radical (unpaired) electrons. The first kappa shape index (κ1) is 20.7. The van der Waals surface area contributed by atoms with Crippen molar-refractivity contribution in [3.8, 4) is 17.1 Å². The van der Waals surface area contributed by atoms with Gasteiger partial charge in [0, 0.05) is 22.0 Å². The number of benzene rings is 2. The highest BCUT2D eigenvalue weighted by Crippen LogP contribution is 2.39. The Morgan fingerprint density at radius 1 is 1.09 bits per heavy atom. The number of imide groups is 1. The van der Waals surface area contributed by atoms with E-state index in [2.05, 4.69) is 31.4 Å². The number of fused-ring (bicyclic) bond motifs is 1. The zero-order valence-corrected chi connectivity index (χ0v) is 18.9. The number of amides is 3. The summed E-state index contributed by atoms with van der Waals surface area (Å²) in [6, 6.07) is 13.9. The summed E-state index contributed by atoms with van der Waals surface area (Å²) < 4.78 is 11.7. The maximum atomic E-state index is 13.2. The van der Waals surface area contributed by atoms with Gasteiger partial charge in [-0.05, 0) is 67.8 Å². The lowest BCUT2D eigenvalue weighted by Crippen LogP contribution is -2.61. The first-order valence-electron chi connectivity index (χ1n) is 10.4. The van der Waals surface area contributed by atoms with Crippen LogP contribution >= 0.6 is 15.9 Å². The van der Waals surface area contributed by atoms with Gasteiger partial charge in [0.25, 0.3) is 0 Å². The van der Waals surface area contributed by atoms with Crippen LogP contribution < -0.4 is 15.0 Å². The molecular weight excluding hydrogens is 476 g/mol. The number of aromatic nitrogens is 2. The molecule has 2 fully saturated rings. The largest absolute Gasteiger partial charge is 0.497 e. The topological polar surface area (TPSA) is 97.6 Å². The Morgan fingerprint density at radius 2 is 1.84 bits per heavy atom. The Labute approximate surface area is 193 Å². The van der Waals surface area contributed by atoms with Crippen molar-refractivity contribution in [2.24, 2.45) is 5.92 Å². The van der Waals surface area contributed by atoms with Crippen LogP contribution in [0.25, 0.3) is 11.4 Å². The third-order valence-electron chi connectivity index (χ3n) is 6.12. The van der Waals surface area contributed by atoms with Gasteiger partial charge in [-0.15, -0.1) is 0 Å². The van der Waals surface area contributed by atoms with E-state index in [4.69, 9.17) is 9.26 Å². The van der Waals surface area contributed by atoms with Gasteiger partial charge in [-0.1, -0.05) is 21.1 Å².